The Morgan fingerprint density at radius 1 is 1.47 bits per heavy atom. The van der Waals surface area contributed by atoms with Gasteiger partial charge in [0.25, 0.3) is 0 Å². The number of hydrogen-bond donors (Lipinski definition) is 0. The Morgan fingerprint density at radius 2 is 2.27 bits per heavy atom. The largest absolute Gasteiger partial charge is 0.292 e. The SMILES string of the molecule is CC1=CSC(c2cccnc2)N1N(C)C. The second-order valence-electron chi connectivity index (χ2n) is 3.73. The molecule has 1 unspecified atom stereocenters. The molecule has 0 amide bonds. The fraction of sp³-hybridized carbons (Fsp3) is 0.364. The van der Waals surface area contributed by atoms with Crippen molar-refractivity contribution in [3.63, 3.8) is 0 Å². The Kier molecular flexibility index (Phi) is 2.98. The number of hydrazine groups is 1. The molecule has 0 bridgehead atoms. The molecular weight excluding hydrogens is 206 g/mol. The van der Waals surface area contributed by atoms with Crippen molar-refractivity contribution in [2.24, 2.45) is 0 Å². The van der Waals surface area contributed by atoms with Crippen molar-refractivity contribution < 1.29 is 0 Å². The van der Waals surface area contributed by atoms with Crippen LogP contribution in [-0.4, -0.2) is 29.1 Å². The van der Waals surface area contributed by atoms with Crippen LogP contribution in [0.15, 0.2) is 35.6 Å². The number of allylic oxidation sites excluding steroid dienone is 1. The molecule has 1 atom stereocenters. The molecule has 0 N–H and O–H groups in total. The summed E-state index contributed by atoms with van der Waals surface area (Å²) in [6.45, 7) is 2.13. The van der Waals surface area contributed by atoms with Crippen molar-refractivity contribution in [1.82, 2.24) is 15.0 Å². The molecule has 0 radical (unpaired) electrons. The standard InChI is InChI=1S/C11H15N3S/c1-9-8-15-11(14(9)13(2)3)10-5-4-6-12-7-10/h4-8,11H,1-3H3. The van der Waals surface area contributed by atoms with Crippen molar-refractivity contribution in [1.29, 1.82) is 0 Å². The molecule has 1 aromatic heterocycles. The molecule has 15 heavy (non-hydrogen) atoms. The van der Waals surface area contributed by atoms with E-state index in [0.29, 0.717) is 5.37 Å². The van der Waals surface area contributed by atoms with Crippen LogP contribution in [-0.2, 0) is 0 Å². The number of nitrogens with zero attached hydrogens (tertiary/aromatic N) is 3. The quantitative estimate of drug-likeness (QED) is 0.763. The van der Waals surface area contributed by atoms with Crippen molar-refractivity contribution in [2.45, 2.75) is 12.3 Å². The lowest BCUT2D eigenvalue weighted by Gasteiger charge is -2.33. The number of pyridine rings is 1. The summed E-state index contributed by atoms with van der Waals surface area (Å²) in [5.41, 5.74) is 2.52. The zero-order valence-corrected chi connectivity index (χ0v) is 10.0. The summed E-state index contributed by atoms with van der Waals surface area (Å²) in [6, 6.07) is 4.10. The van der Waals surface area contributed by atoms with Gasteiger partial charge in [0.1, 0.15) is 5.37 Å². The number of rotatable bonds is 2. The van der Waals surface area contributed by atoms with Gasteiger partial charge in [0.2, 0.25) is 0 Å². The fourth-order valence-corrected chi connectivity index (χ4v) is 2.93. The van der Waals surface area contributed by atoms with E-state index >= 15 is 0 Å². The van der Waals surface area contributed by atoms with Gasteiger partial charge in [0.15, 0.2) is 0 Å². The third-order valence-electron chi connectivity index (χ3n) is 2.35. The van der Waals surface area contributed by atoms with Gasteiger partial charge in [0.05, 0.1) is 0 Å². The summed E-state index contributed by atoms with van der Waals surface area (Å²) in [5, 5.41) is 6.90. The van der Waals surface area contributed by atoms with Gasteiger partial charge in [-0.3, -0.25) is 9.99 Å². The van der Waals surface area contributed by atoms with Gasteiger partial charge < -0.3 is 0 Å². The normalized spacial score (nSPS) is 20.9. The van der Waals surface area contributed by atoms with Crippen LogP contribution < -0.4 is 0 Å². The molecule has 4 heteroatoms. The van der Waals surface area contributed by atoms with E-state index in [1.165, 1.54) is 11.3 Å². The Morgan fingerprint density at radius 3 is 2.87 bits per heavy atom. The van der Waals surface area contributed by atoms with Crippen LogP contribution in [0.25, 0.3) is 0 Å². The molecule has 0 aliphatic carbocycles. The van der Waals surface area contributed by atoms with Crippen molar-refractivity contribution >= 4 is 11.8 Å². The highest BCUT2D eigenvalue weighted by Gasteiger charge is 2.27. The minimum atomic E-state index is 0.327. The Balaban J connectivity index is 2.25. The third kappa shape index (κ3) is 2.01. The first-order valence-electron chi connectivity index (χ1n) is 4.89. The molecule has 1 aromatic rings. The summed E-state index contributed by atoms with van der Waals surface area (Å²) in [7, 11) is 4.12. The predicted molar refractivity (Wildman–Crippen MR) is 63.9 cm³/mol. The summed E-state index contributed by atoms with van der Waals surface area (Å²) in [4.78, 5) is 4.17. The predicted octanol–water partition coefficient (Wildman–Crippen LogP) is 2.47. The molecule has 0 saturated carbocycles. The maximum absolute atomic E-state index is 4.17. The van der Waals surface area contributed by atoms with Crippen LogP contribution in [0.5, 0.6) is 0 Å². The van der Waals surface area contributed by atoms with E-state index < -0.39 is 0 Å². The van der Waals surface area contributed by atoms with Crippen LogP contribution in [0.2, 0.25) is 0 Å². The molecule has 2 heterocycles. The van der Waals surface area contributed by atoms with E-state index in [2.05, 4.69) is 47.5 Å². The van der Waals surface area contributed by atoms with Gasteiger partial charge in [-0.15, -0.1) is 11.8 Å². The molecule has 0 saturated heterocycles. The number of thioether (sulfide) groups is 1. The number of aromatic nitrogens is 1. The minimum absolute atomic E-state index is 0.327. The second kappa shape index (κ2) is 4.24. The number of hydrogen-bond acceptors (Lipinski definition) is 4. The van der Waals surface area contributed by atoms with Crippen LogP contribution >= 0.6 is 11.8 Å². The molecule has 0 fully saturated rings. The van der Waals surface area contributed by atoms with Crippen molar-refractivity contribution in [3.8, 4) is 0 Å². The average molecular weight is 221 g/mol. The highest BCUT2D eigenvalue weighted by Crippen LogP contribution is 2.42. The molecule has 0 aromatic carbocycles. The van der Waals surface area contributed by atoms with E-state index in [4.69, 9.17) is 0 Å². The highest BCUT2D eigenvalue weighted by molar-refractivity contribution is 8.02. The van der Waals surface area contributed by atoms with E-state index in [1.807, 2.05) is 30.2 Å². The maximum atomic E-state index is 4.17. The Labute approximate surface area is 94.8 Å². The van der Waals surface area contributed by atoms with E-state index in [-0.39, 0.29) is 0 Å². The molecule has 0 spiro atoms. The monoisotopic (exact) mass is 221 g/mol. The molecule has 1 aliphatic rings. The second-order valence-corrected chi connectivity index (χ2v) is 4.68. The third-order valence-corrected chi connectivity index (χ3v) is 3.56. The van der Waals surface area contributed by atoms with Crippen LogP contribution in [0.4, 0.5) is 0 Å². The van der Waals surface area contributed by atoms with Gasteiger partial charge in [-0.2, -0.15) is 0 Å². The Hall–Kier alpha value is -1.00. The van der Waals surface area contributed by atoms with Gasteiger partial charge in [-0.1, -0.05) is 6.07 Å². The van der Waals surface area contributed by atoms with Gasteiger partial charge in [-0.05, 0) is 18.4 Å². The van der Waals surface area contributed by atoms with E-state index in [1.54, 1.807) is 0 Å². The summed E-state index contributed by atoms with van der Waals surface area (Å²) in [5.74, 6) is 0. The molecular formula is C11H15N3S. The van der Waals surface area contributed by atoms with Crippen LogP contribution in [0.1, 0.15) is 17.9 Å². The maximum Gasteiger partial charge on any atom is 0.121 e. The van der Waals surface area contributed by atoms with Crippen LogP contribution in [0, 0.1) is 0 Å². The van der Waals surface area contributed by atoms with Crippen molar-refractivity contribution in [2.75, 3.05) is 14.1 Å². The summed E-state index contributed by atoms with van der Waals surface area (Å²) < 4.78 is 0. The first kappa shape index (κ1) is 10.5. The molecule has 80 valence electrons. The zero-order chi connectivity index (χ0) is 10.8. The summed E-state index contributed by atoms with van der Waals surface area (Å²) >= 11 is 1.82. The minimum Gasteiger partial charge on any atom is -0.292 e. The first-order chi connectivity index (χ1) is 7.20. The lowest BCUT2D eigenvalue weighted by atomic mass is 10.2. The summed E-state index contributed by atoms with van der Waals surface area (Å²) in [6.07, 6.45) is 3.74. The lowest BCUT2D eigenvalue weighted by Crippen LogP contribution is -2.34. The molecule has 3 nitrogen and oxygen atoms in total. The molecule has 1 aliphatic heterocycles. The average Bonchev–Trinajstić information content (AvgIpc) is 2.61. The Bertz CT molecular complexity index is 361. The lowest BCUT2D eigenvalue weighted by molar-refractivity contribution is 0.0573. The zero-order valence-electron chi connectivity index (χ0n) is 9.21. The van der Waals surface area contributed by atoms with E-state index in [9.17, 15) is 0 Å². The topological polar surface area (TPSA) is 19.4 Å². The van der Waals surface area contributed by atoms with Crippen molar-refractivity contribution in [3.05, 3.63) is 41.2 Å². The van der Waals surface area contributed by atoms with E-state index in [0.717, 1.165) is 0 Å². The van der Waals surface area contributed by atoms with Gasteiger partial charge in [-0.25, -0.2) is 5.01 Å². The first-order valence-corrected chi connectivity index (χ1v) is 5.83. The van der Waals surface area contributed by atoms with Gasteiger partial charge in [0, 0.05) is 37.7 Å². The molecule has 2 rings (SSSR count). The fourth-order valence-electron chi connectivity index (χ4n) is 1.73. The van der Waals surface area contributed by atoms with Gasteiger partial charge >= 0.3 is 0 Å². The van der Waals surface area contributed by atoms with Crippen LogP contribution in [0.3, 0.4) is 0 Å². The highest BCUT2D eigenvalue weighted by atomic mass is 32.2. The smallest absolute Gasteiger partial charge is 0.121 e.